The molecular weight excluding hydrogens is 174 g/mol. The van der Waals surface area contributed by atoms with Crippen molar-refractivity contribution in [1.29, 1.82) is 0 Å². The van der Waals surface area contributed by atoms with Gasteiger partial charge in [0, 0.05) is 38.8 Å². The summed E-state index contributed by atoms with van der Waals surface area (Å²) in [6.45, 7) is 9.81. The number of rotatable bonds is 1. The Bertz CT molecular complexity index is 177. The van der Waals surface area contributed by atoms with Crippen LogP contribution in [0.5, 0.6) is 0 Å². The Morgan fingerprint density at radius 1 is 1.14 bits per heavy atom. The van der Waals surface area contributed by atoms with Crippen LogP contribution in [0.25, 0.3) is 0 Å². The van der Waals surface area contributed by atoms with Gasteiger partial charge in [-0.05, 0) is 25.9 Å². The molecule has 14 heavy (non-hydrogen) atoms. The Morgan fingerprint density at radius 2 is 1.86 bits per heavy atom. The van der Waals surface area contributed by atoms with E-state index in [2.05, 4.69) is 29.1 Å². The van der Waals surface area contributed by atoms with Gasteiger partial charge in [-0.2, -0.15) is 0 Å². The Balaban J connectivity index is 1.89. The Kier molecular flexibility index (Phi) is 3.42. The van der Waals surface area contributed by atoms with Crippen LogP contribution in [0.3, 0.4) is 0 Å². The van der Waals surface area contributed by atoms with Gasteiger partial charge in [-0.1, -0.05) is 6.92 Å². The molecule has 0 bridgehead atoms. The van der Waals surface area contributed by atoms with Gasteiger partial charge in [0.2, 0.25) is 0 Å². The maximum absolute atomic E-state index is 3.43. The Hall–Kier alpha value is -0.120. The van der Waals surface area contributed by atoms with E-state index >= 15 is 0 Å². The predicted molar refractivity (Wildman–Crippen MR) is 59.5 cm³/mol. The molecular formula is C11H23N3. The molecule has 2 atom stereocenters. The number of piperidine rings is 1. The van der Waals surface area contributed by atoms with Gasteiger partial charge in [-0.25, -0.2) is 0 Å². The average molecular weight is 197 g/mol. The highest BCUT2D eigenvalue weighted by atomic mass is 15.2. The van der Waals surface area contributed by atoms with Gasteiger partial charge in [0.15, 0.2) is 0 Å². The molecule has 0 saturated carbocycles. The molecule has 0 aliphatic carbocycles. The zero-order valence-electron chi connectivity index (χ0n) is 9.50. The topological polar surface area (TPSA) is 18.5 Å². The van der Waals surface area contributed by atoms with Crippen LogP contribution >= 0.6 is 0 Å². The van der Waals surface area contributed by atoms with Crippen LogP contribution < -0.4 is 5.32 Å². The zero-order valence-corrected chi connectivity index (χ0v) is 9.50. The first kappa shape index (κ1) is 10.4. The summed E-state index contributed by atoms with van der Waals surface area (Å²) in [4.78, 5) is 5.15. The summed E-state index contributed by atoms with van der Waals surface area (Å²) in [5.74, 6) is 0.840. The summed E-state index contributed by atoms with van der Waals surface area (Å²) >= 11 is 0. The lowest BCUT2D eigenvalue weighted by Crippen LogP contribution is -2.54. The van der Waals surface area contributed by atoms with Gasteiger partial charge in [0.25, 0.3) is 0 Å². The minimum absolute atomic E-state index is 0.840. The standard InChI is InChI=1S/C11H23N3/c1-10-9-13(2)6-3-11(10)14-7-4-12-5-8-14/h10-12H,3-9H2,1-2H3/t10-,11?/m1/s1. The highest BCUT2D eigenvalue weighted by Gasteiger charge is 2.29. The molecule has 0 radical (unpaired) electrons. The smallest absolute Gasteiger partial charge is 0.0146 e. The van der Waals surface area contributed by atoms with E-state index in [0.717, 1.165) is 12.0 Å². The van der Waals surface area contributed by atoms with E-state index in [0.29, 0.717) is 0 Å². The minimum atomic E-state index is 0.840. The fourth-order valence-corrected chi connectivity index (χ4v) is 2.90. The van der Waals surface area contributed by atoms with Crippen LogP contribution in [0.15, 0.2) is 0 Å². The Labute approximate surface area is 87.4 Å². The number of nitrogens with one attached hydrogen (secondary N) is 1. The molecule has 2 fully saturated rings. The third-order valence-corrected chi connectivity index (χ3v) is 3.68. The van der Waals surface area contributed by atoms with Gasteiger partial charge >= 0.3 is 0 Å². The molecule has 0 aromatic carbocycles. The summed E-state index contributed by atoms with van der Waals surface area (Å²) in [5, 5.41) is 3.43. The number of hydrogen-bond donors (Lipinski definition) is 1. The van der Waals surface area contributed by atoms with Crippen LogP contribution in [0.4, 0.5) is 0 Å². The fraction of sp³-hybridized carbons (Fsp3) is 1.00. The lowest BCUT2D eigenvalue weighted by atomic mass is 9.92. The van der Waals surface area contributed by atoms with Crippen molar-refractivity contribution in [3.63, 3.8) is 0 Å². The van der Waals surface area contributed by atoms with Gasteiger partial charge in [-0.15, -0.1) is 0 Å². The van der Waals surface area contributed by atoms with Gasteiger partial charge in [0.1, 0.15) is 0 Å². The highest BCUT2D eigenvalue weighted by molar-refractivity contribution is 4.85. The van der Waals surface area contributed by atoms with E-state index in [1.165, 1.54) is 45.7 Å². The molecule has 2 aliphatic rings. The SMILES string of the molecule is C[C@@H]1CN(C)CCC1N1CCNCC1. The summed E-state index contributed by atoms with van der Waals surface area (Å²) < 4.78 is 0. The monoisotopic (exact) mass is 197 g/mol. The quantitative estimate of drug-likeness (QED) is 0.649. The van der Waals surface area contributed by atoms with Gasteiger partial charge < -0.3 is 10.2 Å². The first-order valence-corrected chi connectivity index (χ1v) is 5.90. The minimum Gasteiger partial charge on any atom is -0.314 e. The summed E-state index contributed by atoms with van der Waals surface area (Å²) in [6.07, 6.45) is 1.36. The first-order chi connectivity index (χ1) is 6.77. The lowest BCUT2D eigenvalue weighted by molar-refractivity contribution is 0.0665. The summed E-state index contributed by atoms with van der Waals surface area (Å²) in [6, 6.07) is 0.841. The molecule has 2 saturated heterocycles. The van der Waals surface area contributed by atoms with E-state index in [-0.39, 0.29) is 0 Å². The first-order valence-electron chi connectivity index (χ1n) is 5.90. The van der Waals surface area contributed by atoms with E-state index in [4.69, 9.17) is 0 Å². The van der Waals surface area contributed by atoms with E-state index in [9.17, 15) is 0 Å². The van der Waals surface area contributed by atoms with Crippen LogP contribution in [0, 0.1) is 5.92 Å². The summed E-state index contributed by atoms with van der Waals surface area (Å²) in [7, 11) is 2.24. The van der Waals surface area contributed by atoms with E-state index in [1.54, 1.807) is 0 Å². The third kappa shape index (κ3) is 2.27. The highest BCUT2D eigenvalue weighted by Crippen LogP contribution is 2.21. The van der Waals surface area contributed by atoms with Gasteiger partial charge in [-0.3, -0.25) is 4.90 Å². The van der Waals surface area contributed by atoms with Crippen molar-refractivity contribution in [3.05, 3.63) is 0 Å². The molecule has 3 nitrogen and oxygen atoms in total. The van der Waals surface area contributed by atoms with Crippen molar-refractivity contribution >= 4 is 0 Å². The molecule has 2 rings (SSSR count). The molecule has 2 heterocycles. The number of piperazine rings is 1. The van der Waals surface area contributed by atoms with Crippen molar-refractivity contribution in [2.75, 3.05) is 46.3 Å². The second-order valence-electron chi connectivity index (χ2n) is 4.88. The Morgan fingerprint density at radius 3 is 2.50 bits per heavy atom. The zero-order chi connectivity index (χ0) is 9.97. The number of likely N-dealkylation sites (tertiary alicyclic amines) is 1. The second-order valence-corrected chi connectivity index (χ2v) is 4.88. The maximum atomic E-state index is 3.43. The molecule has 82 valence electrons. The molecule has 0 amide bonds. The van der Waals surface area contributed by atoms with Crippen molar-refractivity contribution in [2.24, 2.45) is 5.92 Å². The molecule has 0 aromatic rings. The number of hydrogen-bond acceptors (Lipinski definition) is 3. The van der Waals surface area contributed by atoms with Crippen LogP contribution in [0.2, 0.25) is 0 Å². The summed E-state index contributed by atoms with van der Waals surface area (Å²) in [5.41, 5.74) is 0. The van der Waals surface area contributed by atoms with Crippen LogP contribution in [-0.4, -0.2) is 62.2 Å². The molecule has 0 aromatic heterocycles. The van der Waals surface area contributed by atoms with Crippen LogP contribution in [-0.2, 0) is 0 Å². The third-order valence-electron chi connectivity index (χ3n) is 3.68. The molecule has 1 unspecified atom stereocenters. The van der Waals surface area contributed by atoms with Crippen molar-refractivity contribution in [3.8, 4) is 0 Å². The lowest BCUT2D eigenvalue weighted by Gasteiger charge is -2.43. The van der Waals surface area contributed by atoms with Gasteiger partial charge in [0.05, 0.1) is 0 Å². The van der Waals surface area contributed by atoms with E-state index < -0.39 is 0 Å². The van der Waals surface area contributed by atoms with Crippen LogP contribution in [0.1, 0.15) is 13.3 Å². The van der Waals surface area contributed by atoms with E-state index in [1.807, 2.05) is 0 Å². The molecule has 1 N–H and O–H groups in total. The fourth-order valence-electron chi connectivity index (χ4n) is 2.90. The molecule has 0 spiro atoms. The predicted octanol–water partition coefficient (Wildman–Crippen LogP) is 0.232. The van der Waals surface area contributed by atoms with Crippen molar-refractivity contribution in [1.82, 2.24) is 15.1 Å². The van der Waals surface area contributed by atoms with Crippen molar-refractivity contribution < 1.29 is 0 Å². The molecule has 2 aliphatic heterocycles. The molecule has 3 heteroatoms. The second kappa shape index (κ2) is 4.60. The van der Waals surface area contributed by atoms with Crippen molar-refractivity contribution in [2.45, 2.75) is 19.4 Å². The number of nitrogens with zero attached hydrogens (tertiary/aromatic N) is 2. The largest absolute Gasteiger partial charge is 0.314 e. The normalized spacial score (nSPS) is 37.3. The average Bonchev–Trinajstić information content (AvgIpc) is 2.19. The maximum Gasteiger partial charge on any atom is 0.0146 e.